The van der Waals surface area contributed by atoms with Crippen LogP contribution in [-0.4, -0.2) is 52.1 Å². The molecule has 1 aromatic rings. The maximum Gasteiger partial charge on any atom is 0.408 e. The number of carbonyl (C=O) groups excluding carboxylic acids is 3. The Bertz CT molecular complexity index is 872. The third-order valence-electron chi connectivity index (χ3n) is 4.08. The van der Waals surface area contributed by atoms with Crippen LogP contribution < -0.4 is 5.32 Å². The second kappa shape index (κ2) is 9.02. The summed E-state index contributed by atoms with van der Waals surface area (Å²) in [5, 5.41) is 10.9. The van der Waals surface area contributed by atoms with Gasteiger partial charge in [0, 0.05) is 13.0 Å². The van der Waals surface area contributed by atoms with Crippen LogP contribution >= 0.6 is 0 Å². The van der Waals surface area contributed by atoms with E-state index in [0.29, 0.717) is 0 Å². The van der Waals surface area contributed by atoms with Gasteiger partial charge < -0.3 is 15.2 Å². The Balaban J connectivity index is 2.00. The van der Waals surface area contributed by atoms with Gasteiger partial charge in [-0.05, 0) is 39.3 Å². The third kappa shape index (κ3) is 5.40. The molecule has 0 fully saturated rings. The predicted octanol–water partition coefficient (Wildman–Crippen LogP) is 3.19. The van der Waals surface area contributed by atoms with Crippen molar-refractivity contribution in [3.05, 3.63) is 47.0 Å². The van der Waals surface area contributed by atoms with Crippen LogP contribution in [0.1, 0.15) is 54.3 Å². The maximum absolute atomic E-state index is 14.3. The van der Waals surface area contributed by atoms with Crippen LogP contribution in [0.3, 0.4) is 0 Å². The van der Waals surface area contributed by atoms with Gasteiger partial charge in [-0.25, -0.2) is 18.4 Å². The van der Waals surface area contributed by atoms with Gasteiger partial charge in [-0.2, -0.15) is 0 Å². The number of halogens is 2. The van der Waals surface area contributed by atoms with Crippen LogP contribution in [0.25, 0.3) is 0 Å². The Kier molecular flexibility index (Phi) is 6.91. The zero-order valence-corrected chi connectivity index (χ0v) is 16.7. The predicted molar refractivity (Wildman–Crippen MR) is 101 cm³/mol. The number of amides is 3. The van der Waals surface area contributed by atoms with Crippen molar-refractivity contribution >= 4 is 23.9 Å². The van der Waals surface area contributed by atoms with Gasteiger partial charge in [-0.15, -0.1) is 0 Å². The van der Waals surface area contributed by atoms with Gasteiger partial charge in [-0.1, -0.05) is 12.1 Å². The first-order chi connectivity index (χ1) is 13.9. The van der Waals surface area contributed by atoms with Crippen molar-refractivity contribution in [3.63, 3.8) is 0 Å². The van der Waals surface area contributed by atoms with Crippen LogP contribution in [0.4, 0.5) is 13.6 Å². The summed E-state index contributed by atoms with van der Waals surface area (Å²) in [4.78, 5) is 48.3. The van der Waals surface area contributed by atoms with Crippen LogP contribution in [0, 0.1) is 0 Å². The van der Waals surface area contributed by atoms with Gasteiger partial charge >= 0.3 is 12.1 Å². The second-order valence-corrected chi connectivity index (χ2v) is 7.58. The van der Waals surface area contributed by atoms with Crippen LogP contribution in [0.5, 0.6) is 0 Å². The van der Waals surface area contributed by atoms with Crippen molar-refractivity contribution in [2.45, 2.75) is 45.3 Å². The summed E-state index contributed by atoms with van der Waals surface area (Å²) in [5.41, 5.74) is -0.493. The Hall–Kier alpha value is -3.30. The zero-order chi connectivity index (χ0) is 22.6. The molecule has 0 saturated heterocycles. The highest BCUT2D eigenvalue weighted by molar-refractivity contribution is 6.21. The number of alkyl carbamates (subject to hydrolysis) is 1. The lowest BCUT2D eigenvalue weighted by Gasteiger charge is -2.21. The number of fused-ring (bicyclic) bond motifs is 1. The number of aliphatic carboxylic acids is 1. The first-order valence-corrected chi connectivity index (χ1v) is 9.14. The zero-order valence-electron chi connectivity index (χ0n) is 16.7. The first kappa shape index (κ1) is 23.0. The van der Waals surface area contributed by atoms with E-state index in [4.69, 9.17) is 9.84 Å². The first-order valence-electron chi connectivity index (χ1n) is 9.14. The summed E-state index contributed by atoms with van der Waals surface area (Å²) in [6, 6.07) is 3.94. The molecule has 0 aromatic heterocycles. The number of carbonyl (C=O) groups is 4. The van der Waals surface area contributed by atoms with E-state index in [1.54, 1.807) is 17.4 Å². The van der Waals surface area contributed by atoms with Gasteiger partial charge in [0.15, 0.2) is 11.9 Å². The Morgan fingerprint density at radius 2 is 1.67 bits per heavy atom. The fraction of sp³-hybridized carbons (Fsp3) is 0.400. The van der Waals surface area contributed by atoms with E-state index in [9.17, 15) is 28.0 Å². The number of ether oxygens (including phenoxy) is 1. The molecule has 1 heterocycles. The highest BCUT2D eigenvalue weighted by Crippen LogP contribution is 2.24. The molecule has 1 unspecified atom stereocenters. The minimum atomic E-state index is -2.26. The van der Waals surface area contributed by atoms with E-state index in [-0.39, 0.29) is 24.1 Å². The molecular formula is C20H22F2N2O6. The van der Waals surface area contributed by atoms with E-state index in [1.807, 2.05) is 0 Å². The molecule has 0 radical (unpaired) electrons. The van der Waals surface area contributed by atoms with Crippen molar-refractivity contribution in [2.24, 2.45) is 0 Å². The quantitative estimate of drug-likeness (QED) is 0.650. The molecule has 30 heavy (non-hydrogen) atoms. The number of carboxylic acids is 1. The van der Waals surface area contributed by atoms with E-state index in [1.165, 1.54) is 32.9 Å². The maximum atomic E-state index is 14.3. The molecule has 1 aliphatic heterocycles. The molecule has 10 heteroatoms. The second-order valence-electron chi connectivity index (χ2n) is 7.58. The smallest absolute Gasteiger partial charge is 0.408 e. The van der Waals surface area contributed by atoms with Crippen LogP contribution in [-0.2, 0) is 9.53 Å². The Morgan fingerprint density at radius 1 is 1.13 bits per heavy atom. The molecule has 2 N–H and O–H groups in total. The minimum Gasteiger partial charge on any atom is -0.479 e. The number of hydrogen-bond donors (Lipinski definition) is 2. The molecule has 162 valence electrons. The average Bonchev–Trinajstić information content (AvgIpc) is 2.89. The molecule has 0 aliphatic carbocycles. The number of allylic oxidation sites excluding steroid dienone is 1. The number of nitrogens with zero attached hydrogens (tertiary/aromatic N) is 1. The average molecular weight is 424 g/mol. The fourth-order valence-electron chi connectivity index (χ4n) is 2.77. The van der Waals surface area contributed by atoms with Gasteiger partial charge in [0.25, 0.3) is 11.8 Å². The molecule has 0 saturated carbocycles. The number of hydrogen-bond acceptors (Lipinski definition) is 5. The number of rotatable bonds is 7. The topological polar surface area (TPSA) is 113 Å². The van der Waals surface area contributed by atoms with E-state index in [0.717, 1.165) is 4.90 Å². The molecule has 1 aliphatic rings. The normalized spacial score (nSPS) is 15.4. The summed E-state index contributed by atoms with van der Waals surface area (Å²) in [5.74, 6) is -5.97. The molecule has 3 amide bonds. The van der Waals surface area contributed by atoms with Crippen LogP contribution in [0.2, 0.25) is 0 Å². The fourth-order valence-corrected chi connectivity index (χ4v) is 2.77. The highest BCUT2D eigenvalue weighted by Gasteiger charge is 2.35. The number of nitrogens with one attached hydrogen (secondary N) is 1. The van der Waals surface area contributed by atoms with Crippen molar-refractivity contribution in [2.75, 3.05) is 6.54 Å². The van der Waals surface area contributed by atoms with Crippen molar-refractivity contribution in [1.29, 1.82) is 0 Å². The van der Waals surface area contributed by atoms with Gasteiger partial charge in [-0.3, -0.25) is 14.5 Å². The largest absolute Gasteiger partial charge is 0.479 e. The lowest BCUT2D eigenvalue weighted by atomic mass is 10.1. The highest BCUT2D eigenvalue weighted by atomic mass is 19.2. The lowest BCUT2D eigenvalue weighted by Crippen LogP contribution is -2.44. The summed E-state index contributed by atoms with van der Waals surface area (Å²) in [6.07, 6.45) is -1.92. The molecule has 8 nitrogen and oxygen atoms in total. The molecule has 0 bridgehead atoms. The third-order valence-corrected chi connectivity index (χ3v) is 4.08. The van der Waals surface area contributed by atoms with Gasteiger partial charge in [0.05, 0.1) is 11.1 Å². The number of imide groups is 1. The molecule has 1 atom stereocenters. The van der Waals surface area contributed by atoms with E-state index < -0.39 is 53.6 Å². The van der Waals surface area contributed by atoms with E-state index >= 15 is 0 Å². The summed E-state index contributed by atoms with van der Waals surface area (Å²) >= 11 is 0. The Morgan fingerprint density at radius 3 is 2.13 bits per heavy atom. The lowest BCUT2D eigenvalue weighted by molar-refractivity contribution is -0.138. The SMILES string of the molecule is CC(C)(C)OC(=O)NC(C(=O)O)/C(F)=C(/F)CCCN1C(=O)c2ccccc2C1=O. The number of carboxylic acid groups (broad SMARTS) is 1. The standard InChI is InChI=1S/C20H22F2N2O6/c1-20(2,3)30-19(29)23-15(18(27)28)14(22)13(21)9-6-10-24-16(25)11-7-4-5-8-12(11)17(24)26/h4-5,7-8,15H,6,9-10H2,1-3H3,(H,23,29)(H,27,28)/b14-13-. The van der Waals surface area contributed by atoms with Crippen LogP contribution in [0.15, 0.2) is 35.9 Å². The molecular weight excluding hydrogens is 402 g/mol. The monoisotopic (exact) mass is 424 g/mol. The van der Waals surface area contributed by atoms with E-state index in [2.05, 4.69) is 0 Å². The molecule has 2 rings (SSSR count). The molecule has 0 spiro atoms. The summed E-state index contributed by atoms with van der Waals surface area (Å²) in [6.45, 7) is 4.39. The van der Waals surface area contributed by atoms with Crippen molar-refractivity contribution < 1.29 is 37.8 Å². The van der Waals surface area contributed by atoms with Crippen molar-refractivity contribution in [3.8, 4) is 0 Å². The summed E-state index contributed by atoms with van der Waals surface area (Å²) < 4.78 is 33.3. The van der Waals surface area contributed by atoms with Gasteiger partial charge in [0.1, 0.15) is 11.4 Å². The Labute approximate surface area is 171 Å². The summed E-state index contributed by atoms with van der Waals surface area (Å²) in [7, 11) is 0. The van der Waals surface area contributed by atoms with Crippen molar-refractivity contribution in [1.82, 2.24) is 10.2 Å². The number of benzene rings is 1. The molecule has 1 aromatic carbocycles. The minimum absolute atomic E-state index is 0.135. The van der Waals surface area contributed by atoms with Gasteiger partial charge in [0.2, 0.25) is 0 Å².